The third-order valence-electron chi connectivity index (χ3n) is 6.58. The van der Waals surface area contributed by atoms with E-state index in [1.807, 2.05) is 77.7 Å². The van der Waals surface area contributed by atoms with E-state index in [0.29, 0.717) is 44.4 Å². The molecule has 7 nitrogen and oxygen atoms in total. The molecule has 0 unspecified atom stereocenters. The highest BCUT2D eigenvalue weighted by molar-refractivity contribution is 9.10. The second-order valence-electron chi connectivity index (χ2n) is 9.41. The summed E-state index contributed by atoms with van der Waals surface area (Å²) in [5.74, 6) is 1.23. The van der Waals surface area contributed by atoms with Crippen LogP contribution in [0.2, 0.25) is 5.02 Å². The molecule has 10 heteroatoms. The summed E-state index contributed by atoms with van der Waals surface area (Å²) >= 11 is 11.4. The zero-order valence-electron chi connectivity index (χ0n) is 22.6. The topological polar surface area (TPSA) is 80.2 Å². The molecule has 4 aromatic rings. The Hall–Kier alpha value is -3.79. The quantitative estimate of drug-likeness (QED) is 0.143. The maximum absolute atomic E-state index is 12.8. The summed E-state index contributed by atoms with van der Waals surface area (Å²) in [5, 5.41) is 4.65. The molecule has 1 aliphatic heterocycles. The molecule has 5 rings (SSSR count). The minimum absolute atomic E-state index is 0.0992. The number of nitrogens with zero attached hydrogens (tertiary/aromatic N) is 2. The summed E-state index contributed by atoms with van der Waals surface area (Å²) in [6.45, 7) is 0.821. The van der Waals surface area contributed by atoms with Gasteiger partial charge >= 0.3 is 0 Å². The van der Waals surface area contributed by atoms with E-state index in [4.69, 9.17) is 21.1 Å². The van der Waals surface area contributed by atoms with Crippen molar-refractivity contribution in [3.63, 3.8) is 0 Å². The van der Waals surface area contributed by atoms with Gasteiger partial charge in [-0.3, -0.25) is 9.59 Å². The van der Waals surface area contributed by atoms with Gasteiger partial charge in [-0.25, -0.2) is 5.43 Å². The average Bonchev–Trinajstić information content (AvgIpc) is 3.37. The van der Waals surface area contributed by atoms with Gasteiger partial charge in [-0.15, -0.1) is 11.8 Å². The summed E-state index contributed by atoms with van der Waals surface area (Å²) < 4.78 is 12.2. The Morgan fingerprint density at radius 2 is 1.83 bits per heavy atom. The molecule has 0 aromatic heterocycles. The number of carbonyl (C=O) groups is 2. The zero-order chi connectivity index (χ0) is 29.5. The van der Waals surface area contributed by atoms with Crippen LogP contribution in [0.3, 0.4) is 0 Å². The number of carbonyl (C=O) groups excluding carboxylic acids is 2. The number of ether oxygens (including phenoxy) is 2. The number of benzene rings is 4. The standard InChI is InChI=1S/C32H27BrClN3O4S/c1-40-28-16-22(15-26(33)30(28)41-19-25-9-5-6-10-27(25)34)17-35-36-31(39)23-11-13-24(14-12-23)32-37(29(38)20-42-32)18-21-7-3-2-4-8-21/h2-17,32H,18-20H2,1H3,(H,36,39)/b35-17-/t32-/m1/s1. The lowest BCUT2D eigenvalue weighted by molar-refractivity contribution is -0.128. The zero-order valence-corrected chi connectivity index (χ0v) is 25.8. The highest BCUT2D eigenvalue weighted by atomic mass is 79.9. The molecule has 0 radical (unpaired) electrons. The first-order chi connectivity index (χ1) is 20.4. The van der Waals surface area contributed by atoms with Crippen LogP contribution in [0.15, 0.2) is 101 Å². The van der Waals surface area contributed by atoms with Crippen LogP contribution >= 0.6 is 39.3 Å². The molecular weight excluding hydrogens is 638 g/mol. The lowest BCUT2D eigenvalue weighted by atomic mass is 10.1. The molecule has 0 bridgehead atoms. The fraction of sp³-hybridized carbons (Fsp3) is 0.156. The van der Waals surface area contributed by atoms with Gasteiger partial charge in [0, 0.05) is 22.7 Å². The number of hydrazone groups is 1. The molecule has 42 heavy (non-hydrogen) atoms. The van der Waals surface area contributed by atoms with Gasteiger partial charge < -0.3 is 14.4 Å². The summed E-state index contributed by atoms with van der Waals surface area (Å²) in [7, 11) is 1.55. The number of hydrogen-bond acceptors (Lipinski definition) is 6. The number of hydrogen-bond donors (Lipinski definition) is 1. The third kappa shape index (κ3) is 7.15. The molecule has 214 valence electrons. The molecule has 1 fully saturated rings. The Bertz CT molecular complexity index is 1600. The van der Waals surface area contributed by atoms with Crippen molar-refractivity contribution >= 4 is 57.3 Å². The first-order valence-electron chi connectivity index (χ1n) is 13.0. The largest absolute Gasteiger partial charge is 0.493 e. The van der Waals surface area contributed by atoms with E-state index in [-0.39, 0.29) is 23.8 Å². The van der Waals surface area contributed by atoms with E-state index in [1.165, 1.54) is 6.21 Å². The monoisotopic (exact) mass is 663 g/mol. The van der Waals surface area contributed by atoms with Crippen molar-refractivity contribution in [2.24, 2.45) is 5.10 Å². The van der Waals surface area contributed by atoms with Gasteiger partial charge in [0.25, 0.3) is 5.91 Å². The SMILES string of the molecule is COc1cc(/C=N\NC(=O)c2ccc([C@H]3SCC(=O)N3Cc3ccccc3)cc2)cc(Br)c1OCc1ccccc1Cl. The molecular formula is C32H27BrClN3O4S. The van der Waals surface area contributed by atoms with Crippen molar-refractivity contribution in [3.8, 4) is 11.5 Å². The van der Waals surface area contributed by atoms with Crippen LogP contribution in [0, 0.1) is 0 Å². The smallest absolute Gasteiger partial charge is 0.271 e. The number of methoxy groups -OCH3 is 1. The Labute approximate surface area is 262 Å². The number of amides is 2. The second-order valence-corrected chi connectivity index (χ2v) is 11.7. The first-order valence-corrected chi connectivity index (χ1v) is 15.3. The molecule has 1 N–H and O–H groups in total. The third-order valence-corrected chi connectivity index (χ3v) is 8.80. The molecule has 0 aliphatic carbocycles. The Morgan fingerprint density at radius 1 is 1.10 bits per heavy atom. The summed E-state index contributed by atoms with van der Waals surface area (Å²) in [6.07, 6.45) is 1.53. The van der Waals surface area contributed by atoms with Crippen LogP contribution in [0.4, 0.5) is 0 Å². The van der Waals surface area contributed by atoms with E-state index in [9.17, 15) is 9.59 Å². The molecule has 2 amide bonds. The van der Waals surface area contributed by atoms with Gasteiger partial charge in [0.15, 0.2) is 11.5 Å². The minimum atomic E-state index is -0.347. The predicted molar refractivity (Wildman–Crippen MR) is 170 cm³/mol. The molecule has 0 spiro atoms. The number of nitrogens with one attached hydrogen (secondary N) is 1. The maximum Gasteiger partial charge on any atom is 0.271 e. The minimum Gasteiger partial charge on any atom is -0.493 e. The lowest BCUT2D eigenvalue weighted by Crippen LogP contribution is -2.27. The summed E-state index contributed by atoms with van der Waals surface area (Å²) in [4.78, 5) is 27.2. The van der Waals surface area contributed by atoms with Crippen molar-refractivity contribution in [3.05, 3.63) is 128 Å². The normalized spacial score (nSPS) is 14.8. The van der Waals surface area contributed by atoms with Crippen molar-refractivity contribution in [1.29, 1.82) is 0 Å². The number of rotatable bonds is 10. The van der Waals surface area contributed by atoms with E-state index in [0.717, 1.165) is 16.7 Å². The van der Waals surface area contributed by atoms with Crippen LogP contribution in [0.5, 0.6) is 11.5 Å². The second kappa shape index (κ2) is 13.9. The van der Waals surface area contributed by atoms with E-state index < -0.39 is 0 Å². The van der Waals surface area contributed by atoms with Crippen LogP contribution in [-0.2, 0) is 17.9 Å². The fourth-order valence-corrected chi connectivity index (χ4v) is 6.38. The number of halogens is 2. The van der Waals surface area contributed by atoms with Gasteiger partial charge in [-0.2, -0.15) is 5.10 Å². The van der Waals surface area contributed by atoms with Gasteiger partial charge in [-0.1, -0.05) is 72.3 Å². The van der Waals surface area contributed by atoms with Crippen LogP contribution in [0.1, 0.15) is 38.0 Å². The van der Waals surface area contributed by atoms with Gasteiger partial charge in [-0.05, 0) is 63.0 Å². The Morgan fingerprint density at radius 3 is 2.57 bits per heavy atom. The van der Waals surface area contributed by atoms with Crippen molar-refractivity contribution in [2.75, 3.05) is 12.9 Å². The van der Waals surface area contributed by atoms with Crippen molar-refractivity contribution in [2.45, 2.75) is 18.5 Å². The summed E-state index contributed by atoms with van der Waals surface area (Å²) in [5.41, 5.74) is 6.63. The fourth-order valence-electron chi connectivity index (χ4n) is 4.43. The molecule has 1 saturated heterocycles. The lowest BCUT2D eigenvalue weighted by Gasteiger charge is -2.24. The van der Waals surface area contributed by atoms with Crippen LogP contribution < -0.4 is 14.9 Å². The van der Waals surface area contributed by atoms with Crippen molar-refractivity contribution in [1.82, 2.24) is 10.3 Å². The van der Waals surface area contributed by atoms with Crippen LogP contribution in [-0.4, -0.2) is 35.8 Å². The Kier molecular flexibility index (Phi) is 9.84. The van der Waals surface area contributed by atoms with E-state index in [1.54, 1.807) is 37.1 Å². The van der Waals surface area contributed by atoms with Gasteiger partial charge in [0.1, 0.15) is 12.0 Å². The highest BCUT2D eigenvalue weighted by Crippen LogP contribution is 2.40. The number of thioether (sulfide) groups is 1. The molecule has 1 aliphatic rings. The Balaban J connectivity index is 1.20. The predicted octanol–water partition coefficient (Wildman–Crippen LogP) is 7.23. The molecule has 4 aromatic carbocycles. The molecule has 1 heterocycles. The average molecular weight is 665 g/mol. The summed E-state index contributed by atoms with van der Waals surface area (Å²) in [6, 6.07) is 28.2. The van der Waals surface area contributed by atoms with Crippen molar-refractivity contribution < 1.29 is 19.1 Å². The van der Waals surface area contributed by atoms with Crippen LogP contribution in [0.25, 0.3) is 0 Å². The van der Waals surface area contributed by atoms with Gasteiger partial charge in [0.2, 0.25) is 5.91 Å². The molecule has 0 saturated carbocycles. The molecule has 1 atom stereocenters. The highest BCUT2D eigenvalue weighted by Gasteiger charge is 2.32. The van der Waals surface area contributed by atoms with E-state index in [2.05, 4.69) is 26.5 Å². The maximum atomic E-state index is 12.8. The van der Waals surface area contributed by atoms with E-state index >= 15 is 0 Å². The van der Waals surface area contributed by atoms with Gasteiger partial charge in [0.05, 0.1) is 23.5 Å². The first kappa shape index (κ1) is 29.7.